The average molecular weight is 312 g/mol. The lowest BCUT2D eigenvalue weighted by atomic mass is 9.95. The number of amides is 1. The smallest absolute Gasteiger partial charge is 0.387 e. The van der Waals surface area contributed by atoms with Crippen molar-refractivity contribution in [3.8, 4) is 5.75 Å². The van der Waals surface area contributed by atoms with E-state index in [2.05, 4.69) is 10.1 Å². The summed E-state index contributed by atoms with van der Waals surface area (Å²) in [5.41, 5.74) is -0.284. The molecule has 1 rings (SSSR count). The minimum absolute atomic E-state index is 0.1000. The monoisotopic (exact) mass is 311 g/mol. The highest BCUT2D eigenvalue weighted by Crippen LogP contribution is 2.37. The van der Waals surface area contributed by atoms with Crippen molar-refractivity contribution in [1.82, 2.24) is 0 Å². The van der Waals surface area contributed by atoms with Gasteiger partial charge in [0, 0.05) is 11.1 Å². The molecule has 0 unspecified atom stereocenters. The van der Waals surface area contributed by atoms with Crippen LogP contribution in [0.5, 0.6) is 5.75 Å². The average Bonchev–Trinajstić information content (AvgIpc) is 2.21. The molecule has 0 spiro atoms. The van der Waals surface area contributed by atoms with E-state index in [0.717, 1.165) is 0 Å². The van der Waals surface area contributed by atoms with Crippen LogP contribution in [-0.2, 0) is 4.79 Å². The zero-order chi connectivity index (χ0) is 14.8. The summed E-state index contributed by atoms with van der Waals surface area (Å²) in [6.45, 7) is 2.18. The normalized spacial score (nSPS) is 11.6. The fourth-order valence-electron chi connectivity index (χ4n) is 1.15. The number of carbonyl (C=O) groups excluding carboxylic acids is 1. The number of halogens is 4. The molecule has 0 bridgehead atoms. The summed E-state index contributed by atoms with van der Waals surface area (Å²) in [5.74, 6) is -0.561. The lowest BCUT2D eigenvalue weighted by molar-refractivity contribution is -0.123. The highest BCUT2D eigenvalue weighted by atomic mass is 35.5. The molecule has 0 aliphatic heterocycles. The first-order valence-electron chi connectivity index (χ1n) is 5.36. The molecule has 0 aliphatic rings. The molecule has 3 nitrogen and oxygen atoms in total. The third-order valence-corrected chi connectivity index (χ3v) is 2.71. The number of anilines is 1. The van der Waals surface area contributed by atoms with Gasteiger partial charge in [0.25, 0.3) is 0 Å². The van der Waals surface area contributed by atoms with Crippen molar-refractivity contribution in [2.24, 2.45) is 5.41 Å². The second-order valence-corrected chi connectivity index (χ2v) is 5.67. The number of benzene rings is 1. The van der Waals surface area contributed by atoms with Crippen LogP contribution in [0.15, 0.2) is 12.1 Å². The van der Waals surface area contributed by atoms with Gasteiger partial charge in [0.2, 0.25) is 5.91 Å². The summed E-state index contributed by atoms with van der Waals surface area (Å²) in [4.78, 5) is 11.8. The van der Waals surface area contributed by atoms with Crippen LogP contribution >= 0.6 is 23.2 Å². The number of nitrogens with one attached hydrogen (secondary N) is 1. The molecule has 1 amide bonds. The van der Waals surface area contributed by atoms with E-state index in [1.165, 1.54) is 12.1 Å². The van der Waals surface area contributed by atoms with Gasteiger partial charge in [-0.3, -0.25) is 4.79 Å². The summed E-state index contributed by atoms with van der Waals surface area (Å²) >= 11 is 11.6. The van der Waals surface area contributed by atoms with E-state index < -0.39 is 12.0 Å². The summed E-state index contributed by atoms with van der Waals surface area (Å²) in [6.07, 6.45) is 0. The molecule has 19 heavy (non-hydrogen) atoms. The van der Waals surface area contributed by atoms with Crippen LogP contribution in [0.1, 0.15) is 20.8 Å². The zero-order valence-corrected chi connectivity index (χ0v) is 12.1. The third kappa shape index (κ3) is 4.51. The van der Waals surface area contributed by atoms with E-state index in [1.54, 1.807) is 20.8 Å². The van der Waals surface area contributed by atoms with Crippen molar-refractivity contribution >= 4 is 34.8 Å². The Morgan fingerprint density at radius 2 is 1.74 bits per heavy atom. The Morgan fingerprint density at radius 3 is 2.11 bits per heavy atom. The Bertz CT molecular complexity index is 464. The van der Waals surface area contributed by atoms with E-state index in [4.69, 9.17) is 23.2 Å². The quantitative estimate of drug-likeness (QED) is 0.887. The van der Waals surface area contributed by atoms with Crippen molar-refractivity contribution < 1.29 is 18.3 Å². The van der Waals surface area contributed by atoms with Crippen LogP contribution in [0.2, 0.25) is 10.0 Å². The molecule has 1 N–H and O–H groups in total. The van der Waals surface area contributed by atoms with Crippen LogP contribution in [0.25, 0.3) is 0 Å². The van der Waals surface area contributed by atoms with Crippen molar-refractivity contribution in [2.75, 3.05) is 5.32 Å². The lowest BCUT2D eigenvalue weighted by Gasteiger charge is -2.18. The highest BCUT2D eigenvalue weighted by molar-refractivity contribution is 6.37. The Balaban J connectivity index is 2.98. The van der Waals surface area contributed by atoms with Gasteiger partial charge in [-0.25, -0.2) is 0 Å². The Morgan fingerprint density at radius 1 is 1.26 bits per heavy atom. The maximum absolute atomic E-state index is 12.1. The third-order valence-electron chi connectivity index (χ3n) is 2.14. The fraction of sp³-hybridized carbons (Fsp3) is 0.417. The largest absolute Gasteiger partial charge is 0.432 e. The number of carbonyl (C=O) groups is 1. The maximum Gasteiger partial charge on any atom is 0.387 e. The SMILES string of the molecule is CC(C)(C)C(=O)Nc1cc(Cl)c(OC(F)F)c(Cl)c1. The number of alkyl halides is 2. The minimum atomic E-state index is -3.02. The highest BCUT2D eigenvalue weighted by Gasteiger charge is 2.22. The van der Waals surface area contributed by atoms with E-state index >= 15 is 0 Å². The summed E-state index contributed by atoms with van der Waals surface area (Å²) in [6, 6.07) is 2.60. The van der Waals surface area contributed by atoms with E-state index in [-0.39, 0.29) is 21.7 Å². The Hall–Kier alpha value is -1.07. The number of hydrogen-bond donors (Lipinski definition) is 1. The molecule has 0 atom stereocenters. The van der Waals surface area contributed by atoms with Gasteiger partial charge >= 0.3 is 6.61 Å². The molecule has 0 saturated heterocycles. The van der Waals surface area contributed by atoms with Gasteiger partial charge in [0.1, 0.15) is 0 Å². The van der Waals surface area contributed by atoms with Crippen molar-refractivity contribution in [1.29, 1.82) is 0 Å². The van der Waals surface area contributed by atoms with Crippen molar-refractivity contribution in [3.63, 3.8) is 0 Å². The van der Waals surface area contributed by atoms with Crippen LogP contribution < -0.4 is 10.1 Å². The van der Waals surface area contributed by atoms with Crippen LogP contribution in [0, 0.1) is 5.41 Å². The first kappa shape index (κ1) is 16.0. The van der Waals surface area contributed by atoms with Gasteiger partial charge in [-0.15, -0.1) is 0 Å². The molecule has 7 heteroatoms. The standard InChI is InChI=1S/C12H13Cl2F2NO2/c1-12(2,3)10(18)17-6-4-7(13)9(8(14)5-6)19-11(15)16/h4-5,11H,1-3H3,(H,17,18). The number of rotatable bonds is 3. The molecular weight excluding hydrogens is 299 g/mol. The van der Waals surface area contributed by atoms with E-state index in [0.29, 0.717) is 5.69 Å². The topological polar surface area (TPSA) is 38.3 Å². The van der Waals surface area contributed by atoms with Crippen LogP contribution in [-0.4, -0.2) is 12.5 Å². The van der Waals surface area contributed by atoms with Crippen molar-refractivity contribution in [2.45, 2.75) is 27.4 Å². The van der Waals surface area contributed by atoms with Gasteiger partial charge in [-0.1, -0.05) is 44.0 Å². The zero-order valence-electron chi connectivity index (χ0n) is 10.6. The van der Waals surface area contributed by atoms with Crippen LogP contribution in [0.3, 0.4) is 0 Å². The van der Waals surface area contributed by atoms with E-state index in [1.807, 2.05) is 0 Å². The lowest BCUT2D eigenvalue weighted by Crippen LogP contribution is -2.27. The van der Waals surface area contributed by atoms with Gasteiger partial charge < -0.3 is 10.1 Å². The fourth-order valence-corrected chi connectivity index (χ4v) is 1.73. The van der Waals surface area contributed by atoms with Gasteiger partial charge in [-0.05, 0) is 12.1 Å². The molecule has 0 heterocycles. The second kappa shape index (κ2) is 5.92. The first-order chi connectivity index (χ1) is 8.61. The van der Waals surface area contributed by atoms with Gasteiger partial charge in [0.05, 0.1) is 10.0 Å². The molecule has 106 valence electrons. The first-order valence-corrected chi connectivity index (χ1v) is 6.12. The summed E-state index contributed by atoms with van der Waals surface area (Å²) < 4.78 is 28.5. The molecule has 0 aliphatic carbocycles. The van der Waals surface area contributed by atoms with Crippen LogP contribution in [0.4, 0.5) is 14.5 Å². The minimum Gasteiger partial charge on any atom is -0.432 e. The maximum atomic E-state index is 12.1. The number of ether oxygens (including phenoxy) is 1. The molecule has 0 radical (unpaired) electrons. The predicted molar refractivity (Wildman–Crippen MR) is 71.2 cm³/mol. The molecule has 1 aromatic rings. The Labute approximate surface area is 119 Å². The van der Waals surface area contributed by atoms with E-state index in [9.17, 15) is 13.6 Å². The summed E-state index contributed by atoms with van der Waals surface area (Å²) in [7, 11) is 0. The number of hydrogen-bond acceptors (Lipinski definition) is 2. The predicted octanol–water partition coefficient (Wildman–Crippen LogP) is 4.58. The molecular formula is C12H13Cl2F2NO2. The van der Waals surface area contributed by atoms with Gasteiger partial charge in [0.15, 0.2) is 5.75 Å². The summed E-state index contributed by atoms with van der Waals surface area (Å²) in [5, 5.41) is 2.39. The van der Waals surface area contributed by atoms with Crippen molar-refractivity contribution in [3.05, 3.63) is 22.2 Å². The Kier molecular flexibility index (Phi) is 4.98. The molecule has 0 aromatic heterocycles. The second-order valence-electron chi connectivity index (χ2n) is 4.85. The molecule has 0 fully saturated rings. The molecule has 1 aromatic carbocycles. The molecule has 0 saturated carbocycles. The van der Waals surface area contributed by atoms with Gasteiger partial charge in [-0.2, -0.15) is 8.78 Å².